The zero-order valence-corrected chi connectivity index (χ0v) is 15.4. The maximum absolute atomic E-state index is 12.6. The van der Waals surface area contributed by atoms with Gasteiger partial charge in [-0.2, -0.15) is 0 Å². The lowest BCUT2D eigenvalue weighted by Crippen LogP contribution is -2.49. The third kappa shape index (κ3) is 4.04. The Balaban J connectivity index is 1.33. The molecule has 2 fully saturated rings. The molecule has 2 aromatic rings. The SMILES string of the molecule is O=C(NCc1coc(-c2ccccc2)n1)[C@H]1CCC(=O)N(C2CCCC2)C1. The van der Waals surface area contributed by atoms with Gasteiger partial charge in [-0.1, -0.05) is 31.0 Å². The third-order valence-electron chi connectivity index (χ3n) is 5.60. The second-order valence-corrected chi connectivity index (χ2v) is 7.45. The number of nitrogens with zero attached hydrogens (tertiary/aromatic N) is 2. The minimum Gasteiger partial charge on any atom is -0.444 e. The standard InChI is InChI=1S/C21H25N3O3/c25-19-11-10-16(13-24(19)18-8-4-5-9-18)20(26)22-12-17-14-27-21(23-17)15-6-2-1-3-7-15/h1-3,6-7,14,16,18H,4-5,8-13H2,(H,22,26)/t16-/m0/s1. The Morgan fingerprint density at radius 2 is 1.96 bits per heavy atom. The normalized spacial score (nSPS) is 20.8. The quantitative estimate of drug-likeness (QED) is 0.881. The molecule has 1 N–H and O–H groups in total. The van der Waals surface area contributed by atoms with Crippen LogP contribution in [-0.4, -0.2) is 34.3 Å². The van der Waals surface area contributed by atoms with Crippen LogP contribution in [0.4, 0.5) is 0 Å². The van der Waals surface area contributed by atoms with Crippen LogP contribution in [0.25, 0.3) is 11.5 Å². The van der Waals surface area contributed by atoms with Gasteiger partial charge in [0.2, 0.25) is 17.7 Å². The Hall–Kier alpha value is -2.63. The first-order valence-corrected chi connectivity index (χ1v) is 9.78. The van der Waals surface area contributed by atoms with E-state index in [9.17, 15) is 9.59 Å². The van der Waals surface area contributed by atoms with Crippen molar-refractivity contribution in [1.29, 1.82) is 0 Å². The molecular weight excluding hydrogens is 342 g/mol. The summed E-state index contributed by atoms with van der Waals surface area (Å²) in [6, 6.07) is 10.0. The summed E-state index contributed by atoms with van der Waals surface area (Å²) in [6.07, 6.45) is 7.18. The first-order valence-electron chi connectivity index (χ1n) is 9.78. The maximum Gasteiger partial charge on any atom is 0.226 e. The van der Waals surface area contributed by atoms with Crippen LogP contribution >= 0.6 is 0 Å². The Morgan fingerprint density at radius 1 is 1.19 bits per heavy atom. The lowest BCUT2D eigenvalue weighted by Gasteiger charge is -2.36. The highest BCUT2D eigenvalue weighted by atomic mass is 16.3. The molecule has 2 aliphatic rings. The lowest BCUT2D eigenvalue weighted by atomic mass is 9.95. The molecular formula is C21H25N3O3. The molecule has 0 unspecified atom stereocenters. The summed E-state index contributed by atoms with van der Waals surface area (Å²) in [4.78, 5) is 31.2. The fraction of sp³-hybridized carbons (Fsp3) is 0.476. The first-order chi connectivity index (χ1) is 13.2. The number of hydrogen-bond acceptors (Lipinski definition) is 4. The fourth-order valence-corrected chi connectivity index (χ4v) is 4.08. The van der Waals surface area contributed by atoms with Crippen LogP contribution < -0.4 is 5.32 Å². The topological polar surface area (TPSA) is 75.4 Å². The Morgan fingerprint density at radius 3 is 2.74 bits per heavy atom. The van der Waals surface area contributed by atoms with Crippen LogP contribution in [0.15, 0.2) is 41.0 Å². The van der Waals surface area contributed by atoms with Gasteiger partial charge in [-0.3, -0.25) is 9.59 Å². The summed E-state index contributed by atoms with van der Waals surface area (Å²) in [6.45, 7) is 0.881. The second kappa shape index (κ2) is 7.94. The average Bonchev–Trinajstić information content (AvgIpc) is 3.39. The molecule has 27 heavy (non-hydrogen) atoms. The summed E-state index contributed by atoms with van der Waals surface area (Å²) >= 11 is 0. The van der Waals surface area contributed by atoms with Crippen molar-refractivity contribution in [3.05, 3.63) is 42.3 Å². The molecule has 1 aliphatic carbocycles. The summed E-state index contributed by atoms with van der Waals surface area (Å²) < 4.78 is 5.51. The number of carbonyl (C=O) groups is 2. The molecule has 142 valence electrons. The molecule has 1 saturated carbocycles. The van der Waals surface area contributed by atoms with Crippen LogP contribution in [-0.2, 0) is 16.1 Å². The van der Waals surface area contributed by atoms with Gasteiger partial charge in [0.05, 0.1) is 18.2 Å². The van der Waals surface area contributed by atoms with Gasteiger partial charge >= 0.3 is 0 Å². The molecule has 6 heteroatoms. The molecule has 1 saturated heterocycles. The van der Waals surface area contributed by atoms with E-state index in [1.807, 2.05) is 35.2 Å². The van der Waals surface area contributed by atoms with Crippen molar-refractivity contribution in [3.8, 4) is 11.5 Å². The van der Waals surface area contributed by atoms with E-state index in [1.165, 1.54) is 12.8 Å². The molecule has 6 nitrogen and oxygen atoms in total. The van der Waals surface area contributed by atoms with Gasteiger partial charge in [0.15, 0.2) is 0 Å². The van der Waals surface area contributed by atoms with Gasteiger partial charge in [-0.25, -0.2) is 4.98 Å². The number of amides is 2. The highest BCUT2D eigenvalue weighted by Gasteiger charge is 2.35. The van der Waals surface area contributed by atoms with E-state index in [0.717, 1.165) is 18.4 Å². The monoisotopic (exact) mass is 367 g/mol. The van der Waals surface area contributed by atoms with Crippen LogP contribution in [0.2, 0.25) is 0 Å². The highest BCUT2D eigenvalue weighted by Crippen LogP contribution is 2.28. The van der Waals surface area contributed by atoms with Gasteiger partial charge in [0.25, 0.3) is 0 Å². The number of aromatic nitrogens is 1. The zero-order chi connectivity index (χ0) is 18.6. The molecule has 1 aromatic heterocycles. The van der Waals surface area contributed by atoms with Crippen molar-refractivity contribution in [1.82, 2.24) is 15.2 Å². The van der Waals surface area contributed by atoms with Gasteiger partial charge < -0.3 is 14.6 Å². The van der Waals surface area contributed by atoms with Crippen molar-refractivity contribution in [3.63, 3.8) is 0 Å². The molecule has 2 amide bonds. The van der Waals surface area contributed by atoms with E-state index >= 15 is 0 Å². The van der Waals surface area contributed by atoms with E-state index in [4.69, 9.17) is 4.42 Å². The van der Waals surface area contributed by atoms with Crippen molar-refractivity contribution in [2.45, 2.75) is 51.1 Å². The molecule has 4 rings (SSSR count). The summed E-state index contributed by atoms with van der Waals surface area (Å²) in [5.74, 6) is 0.615. The molecule has 0 radical (unpaired) electrons. The number of nitrogens with one attached hydrogen (secondary N) is 1. The summed E-state index contributed by atoms with van der Waals surface area (Å²) in [5, 5.41) is 2.96. The number of piperidine rings is 1. The second-order valence-electron chi connectivity index (χ2n) is 7.45. The van der Waals surface area contributed by atoms with Crippen molar-refractivity contribution >= 4 is 11.8 Å². The average molecular weight is 367 g/mol. The number of oxazole rings is 1. The molecule has 0 bridgehead atoms. The fourth-order valence-electron chi connectivity index (χ4n) is 4.08. The van der Waals surface area contributed by atoms with Crippen molar-refractivity contribution < 1.29 is 14.0 Å². The van der Waals surface area contributed by atoms with Crippen molar-refractivity contribution in [2.24, 2.45) is 5.92 Å². The van der Waals surface area contributed by atoms with Gasteiger partial charge in [0, 0.05) is 24.6 Å². The number of rotatable bonds is 5. The zero-order valence-electron chi connectivity index (χ0n) is 15.4. The van der Waals surface area contributed by atoms with Gasteiger partial charge in [-0.05, 0) is 31.4 Å². The minimum absolute atomic E-state index is 0.00485. The van der Waals surface area contributed by atoms with Crippen LogP contribution in [0.1, 0.15) is 44.2 Å². The highest BCUT2D eigenvalue weighted by molar-refractivity contribution is 5.84. The van der Waals surface area contributed by atoms with Gasteiger partial charge in [-0.15, -0.1) is 0 Å². The van der Waals surface area contributed by atoms with Crippen LogP contribution in [0.5, 0.6) is 0 Å². The van der Waals surface area contributed by atoms with Gasteiger partial charge in [0.1, 0.15) is 6.26 Å². The van der Waals surface area contributed by atoms with E-state index in [2.05, 4.69) is 10.3 Å². The predicted molar refractivity (Wildman–Crippen MR) is 100 cm³/mol. The number of hydrogen-bond donors (Lipinski definition) is 1. The van der Waals surface area contributed by atoms with Crippen LogP contribution in [0.3, 0.4) is 0 Å². The molecule has 1 atom stereocenters. The molecule has 2 heterocycles. The Kier molecular flexibility index (Phi) is 5.23. The number of likely N-dealkylation sites (tertiary alicyclic amines) is 1. The number of benzene rings is 1. The summed E-state index contributed by atoms with van der Waals surface area (Å²) in [7, 11) is 0. The largest absolute Gasteiger partial charge is 0.444 e. The number of carbonyl (C=O) groups excluding carboxylic acids is 2. The van der Waals surface area contributed by atoms with E-state index < -0.39 is 0 Å². The van der Waals surface area contributed by atoms with E-state index in [-0.39, 0.29) is 17.7 Å². The van der Waals surface area contributed by atoms with Crippen molar-refractivity contribution in [2.75, 3.05) is 6.54 Å². The Bertz CT molecular complexity index is 796. The molecule has 1 aromatic carbocycles. The molecule has 0 spiro atoms. The predicted octanol–water partition coefficient (Wildman–Crippen LogP) is 3.14. The first kappa shape index (κ1) is 17.8. The third-order valence-corrected chi connectivity index (χ3v) is 5.60. The Labute approximate surface area is 159 Å². The molecule has 1 aliphatic heterocycles. The van der Waals surface area contributed by atoms with E-state index in [0.29, 0.717) is 43.6 Å². The maximum atomic E-state index is 12.6. The smallest absolute Gasteiger partial charge is 0.226 e. The summed E-state index contributed by atoms with van der Waals surface area (Å²) in [5.41, 5.74) is 1.61. The lowest BCUT2D eigenvalue weighted by molar-refractivity contribution is -0.140. The van der Waals surface area contributed by atoms with E-state index in [1.54, 1.807) is 6.26 Å². The minimum atomic E-state index is -0.135. The van der Waals surface area contributed by atoms with Crippen LogP contribution in [0, 0.1) is 5.92 Å².